The Morgan fingerprint density at radius 2 is 0.629 bits per heavy atom. The van der Waals surface area contributed by atoms with Crippen LogP contribution in [-0.4, -0.2) is 10.9 Å². The van der Waals surface area contributed by atoms with E-state index in [9.17, 15) is 0 Å². The first-order valence-electron chi connectivity index (χ1n) is 15.7. The molecule has 0 heterocycles. The summed E-state index contributed by atoms with van der Waals surface area (Å²) in [5.74, 6) is 1.02. The molecule has 0 radical (unpaired) electrons. The molecule has 3 N–H and O–H groups in total. The number of nitrogens with one attached hydrogen (secondary N) is 1. The topological polar surface area (TPSA) is 49.9 Å². The third-order valence-corrected chi connectivity index (χ3v) is 8.06. The Hall–Kier alpha value is 0.110. The maximum atomic E-state index is 7.18. The van der Waals surface area contributed by atoms with Gasteiger partial charge in [-0.25, -0.2) is 0 Å². The molecule has 212 valence electrons. The average Bonchev–Trinajstić information content (AvgIpc) is 2.83. The fourth-order valence-electron chi connectivity index (χ4n) is 4.95. The van der Waals surface area contributed by atoms with E-state index in [0.29, 0.717) is 0 Å². The van der Waals surface area contributed by atoms with Crippen LogP contribution in [0.4, 0.5) is 0 Å². The van der Waals surface area contributed by atoms with Crippen molar-refractivity contribution in [2.75, 3.05) is 5.75 Å². The van der Waals surface area contributed by atoms with E-state index in [2.05, 4.69) is 6.92 Å². The fraction of sp³-hybridized carbons (Fsp3) is 0.968. The summed E-state index contributed by atoms with van der Waals surface area (Å²) in [7, 11) is 0. The van der Waals surface area contributed by atoms with E-state index < -0.39 is 0 Å². The van der Waals surface area contributed by atoms with Crippen molar-refractivity contribution >= 4 is 29.3 Å². The lowest BCUT2D eigenvalue weighted by molar-refractivity contribution is 0.514. The maximum absolute atomic E-state index is 7.18. The summed E-state index contributed by atoms with van der Waals surface area (Å²) in [6, 6.07) is 0. The van der Waals surface area contributed by atoms with Crippen molar-refractivity contribution in [1.82, 2.24) is 0 Å². The van der Waals surface area contributed by atoms with Crippen molar-refractivity contribution in [3.8, 4) is 0 Å². The van der Waals surface area contributed by atoms with Gasteiger partial charge in [0, 0.05) is 5.75 Å². The number of rotatable bonds is 29. The van der Waals surface area contributed by atoms with Crippen molar-refractivity contribution in [3.63, 3.8) is 0 Å². The SMILES string of the molecule is CCCCCCCCCCCCCCCCCCCCCCCCCCCCCCSC(=N)N.Cl. The molecule has 0 aliphatic heterocycles. The normalized spacial score (nSPS) is 11.0. The van der Waals surface area contributed by atoms with Crippen LogP contribution < -0.4 is 5.73 Å². The molecule has 0 amide bonds. The minimum Gasteiger partial charge on any atom is -0.379 e. The molecule has 0 atom stereocenters. The summed E-state index contributed by atoms with van der Waals surface area (Å²) < 4.78 is 0. The van der Waals surface area contributed by atoms with Gasteiger partial charge in [0.2, 0.25) is 0 Å². The molecule has 0 spiro atoms. The first-order chi connectivity index (χ1) is 16.8. The second-order valence-electron chi connectivity index (χ2n) is 10.8. The van der Waals surface area contributed by atoms with Crippen molar-refractivity contribution in [1.29, 1.82) is 5.41 Å². The van der Waals surface area contributed by atoms with Gasteiger partial charge in [0.25, 0.3) is 0 Å². The van der Waals surface area contributed by atoms with E-state index in [-0.39, 0.29) is 17.6 Å². The zero-order valence-corrected chi connectivity index (χ0v) is 25.5. The molecular formula is C31H65ClN2S. The van der Waals surface area contributed by atoms with Crippen LogP contribution in [0.3, 0.4) is 0 Å². The average molecular weight is 533 g/mol. The minimum atomic E-state index is 0. The highest BCUT2D eigenvalue weighted by Gasteiger charge is 1.97. The summed E-state index contributed by atoms with van der Waals surface area (Å²) in [5, 5.41) is 7.45. The van der Waals surface area contributed by atoms with Gasteiger partial charge in [0.05, 0.1) is 0 Å². The summed E-state index contributed by atoms with van der Waals surface area (Å²) in [6.07, 6.45) is 40.4. The molecule has 4 heteroatoms. The van der Waals surface area contributed by atoms with Crippen molar-refractivity contribution < 1.29 is 0 Å². The lowest BCUT2D eigenvalue weighted by Crippen LogP contribution is -2.04. The van der Waals surface area contributed by atoms with Crippen LogP contribution in [0.15, 0.2) is 0 Å². The van der Waals surface area contributed by atoms with Crippen LogP contribution in [0.1, 0.15) is 187 Å². The number of amidine groups is 1. The van der Waals surface area contributed by atoms with E-state index >= 15 is 0 Å². The quantitative estimate of drug-likeness (QED) is 0.0571. The van der Waals surface area contributed by atoms with Crippen molar-refractivity contribution in [2.45, 2.75) is 187 Å². The molecule has 0 aromatic rings. The molecule has 0 aliphatic carbocycles. The standard InChI is InChI=1S/C31H64N2S.ClH/c1-2-3-4-5-6-7-8-9-10-11-12-13-14-15-16-17-18-19-20-21-22-23-24-25-26-27-28-29-30-34-31(32)33;/h2-30H2,1H3,(H3,32,33);1H. The molecule has 2 nitrogen and oxygen atoms in total. The second-order valence-corrected chi connectivity index (χ2v) is 11.9. The first kappa shape index (κ1) is 37.3. The van der Waals surface area contributed by atoms with Crippen LogP contribution in [0.2, 0.25) is 0 Å². The smallest absolute Gasteiger partial charge is 0.151 e. The highest BCUT2D eigenvalue weighted by Crippen LogP contribution is 2.16. The zero-order valence-electron chi connectivity index (χ0n) is 23.9. The lowest BCUT2D eigenvalue weighted by Gasteiger charge is -2.04. The fourth-order valence-corrected chi connectivity index (χ4v) is 5.52. The highest BCUT2D eigenvalue weighted by molar-refractivity contribution is 8.13. The van der Waals surface area contributed by atoms with Crippen LogP contribution in [-0.2, 0) is 0 Å². The molecule has 0 bridgehead atoms. The van der Waals surface area contributed by atoms with E-state index in [4.69, 9.17) is 11.1 Å². The summed E-state index contributed by atoms with van der Waals surface area (Å²) in [5.41, 5.74) is 5.35. The number of hydrogen-bond acceptors (Lipinski definition) is 2. The minimum absolute atomic E-state index is 0. The highest BCUT2D eigenvalue weighted by atomic mass is 35.5. The van der Waals surface area contributed by atoms with Gasteiger partial charge in [0.15, 0.2) is 5.17 Å². The van der Waals surface area contributed by atoms with Crippen LogP contribution in [0.5, 0.6) is 0 Å². The monoisotopic (exact) mass is 532 g/mol. The predicted octanol–water partition coefficient (Wildman–Crippen LogP) is 12.0. The Labute approximate surface area is 232 Å². The van der Waals surface area contributed by atoms with Gasteiger partial charge in [-0.3, -0.25) is 5.41 Å². The molecule has 0 fully saturated rings. The Bertz CT molecular complexity index is 392. The van der Waals surface area contributed by atoms with Gasteiger partial charge < -0.3 is 5.73 Å². The number of thioether (sulfide) groups is 1. The summed E-state index contributed by atoms with van der Waals surface area (Å²) in [6.45, 7) is 2.30. The Balaban J connectivity index is 0. The van der Waals surface area contributed by atoms with Gasteiger partial charge in [0.1, 0.15) is 0 Å². The third-order valence-electron chi connectivity index (χ3n) is 7.26. The summed E-state index contributed by atoms with van der Waals surface area (Å²) >= 11 is 1.49. The van der Waals surface area contributed by atoms with Crippen molar-refractivity contribution in [2.24, 2.45) is 5.73 Å². The van der Waals surface area contributed by atoms with E-state index in [1.54, 1.807) is 0 Å². The van der Waals surface area contributed by atoms with Crippen LogP contribution >= 0.6 is 24.2 Å². The van der Waals surface area contributed by atoms with E-state index in [0.717, 1.165) is 5.75 Å². The third kappa shape index (κ3) is 36.3. The molecule has 0 aromatic heterocycles. The first-order valence-corrected chi connectivity index (χ1v) is 16.7. The number of nitrogens with two attached hydrogens (primary N) is 1. The van der Waals surface area contributed by atoms with Gasteiger partial charge in [-0.05, 0) is 6.42 Å². The Kier molecular flexibility index (Phi) is 36.3. The van der Waals surface area contributed by atoms with Crippen molar-refractivity contribution in [3.05, 3.63) is 0 Å². The zero-order chi connectivity index (χ0) is 24.8. The number of hydrogen-bond donors (Lipinski definition) is 2. The van der Waals surface area contributed by atoms with Gasteiger partial charge >= 0.3 is 0 Å². The second kappa shape index (κ2) is 34.1. The maximum Gasteiger partial charge on any atom is 0.151 e. The lowest BCUT2D eigenvalue weighted by atomic mass is 10.0. The molecule has 0 saturated carbocycles. The molecule has 0 aromatic carbocycles. The molecule has 35 heavy (non-hydrogen) atoms. The van der Waals surface area contributed by atoms with E-state index in [1.807, 2.05) is 0 Å². The van der Waals surface area contributed by atoms with Crippen LogP contribution in [0.25, 0.3) is 0 Å². The van der Waals surface area contributed by atoms with Gasteiger partial charge in [-0.15, -0.1) is 12.4 Å². The molecule has 0 rings (SSSR count). The Morgan fingerprint density at radius 1 is 0.429 bits per heavy atom. The molecule has 0 aliphatic rings. The van der Waals surface area contributed by atoms with Gasteiger partial charge in [-0.1, -0.05) is 192 Å². The Morgan fingerprint density at radius 3 is 0.829 bits per heavy atom. The molecule has 0 unspecified atom stereocenters. The largest absolute Gasteiger partial charge is 0.379 e. The predicted molar refractivity (Wildman–Crippen MR) is 167 cm³/mol. The number of halogens is 1. The molecule has 0 saturated heterocycles. The molecular weight excluding hydrogens is 468 g/mol. The van der Waals surface area contributed by atoms with Gasteiger partial charge in [-0.2, -0.15) is 0 Å². The van der Waals surface area contributed by atoms with Crippen LogP contribution in [0, 0.1) is 5.41 Å². The summed E-state index contributed by atoms with van der Waals surface area (Å²) in [4.78, 5) is 0. The number of unbranched alkanes of at least 4 members (excludes halogenated alkanes) is 27. The van der Waals surface area contributed by atoms with E-state index in [1.165, 1.54) is 192 Å².